The average molecular weight is 1380 g/mol. The van der Waals surface area contributed by atoms with Crippen molar-refractivity contribution in [3.63, 3.8) is 0 Å². The number of nitrogens with two attached hydrogens (primary N) is 1. The standard InChI is InChI=1S/C35H32Br2N2O.C15H22O2.C14H6Br2O2.C6H7N.2CH4/c1-3-5-9-23(4-2)22-40-28-16-12-24(13-17-28)35-38-33-31-20-25(36)14-18-29(31)30-19-15-26(37)21-32(30)34(33)39(35)27-10-7-6-8-11-27;1-3-5-6-13(4-2)12-17-15-9-7-14(11-16)8-10-15;15-7-1-3-9-10-4-2-8(16)6-12(10)14(18)13(17)11(9)5-7;7-6-4-2-1-3-5-6;;/h6-8,10-21,23H,3-5,9,22H2,1-2H3;7-11,13H,3-6,12H2,1-2H3;1-6H;1-5H,7H2;2*1H4. The third-order valence-electron chi connectivity index (χ3n) is 14.6. The Hall–Kier alpha value is -6.70. The quantitative estimate of drug-likeness (QED) is 0.0418. The molecule has 2 N–H and O–H groups in total. The number of fused-ring (bicyclic) bond motifs is 9. The van der Waals surface area contributed by atoms with Crippen molar-refractivity contribution in [3.05, 3.63) is 217 Å². The van der Waals surface area contributed by atoms with Crippen LogP contribution in [0.5, 0.6) is 11.5 Å². The summed E-state index contributed by atoms with van der Waals surface area (Å²) < 4.78 is 17.9. The van der Waals surface area contributed by atoms with Crippen LogP contribution >= 0.6 is 63.7 Å². The van der Waals surface area contributed by atoms with Crippen molar-refractivity contribution in [2.45, 2.75) is 93.9 Å². The number of benzene rings is 9. The van der Waals surface area contributed by atoms with Gasteiger partial charge in [0.2, 0.25) is 11.6 Å². The molecule has 0 bridgehead atoms. The number of rotatable bonds is 17. The predicted octanol–water partition coefficient (Wildman–Crippen LogP) is 22.0. The summed E-state index contributed by atoms with van der Waals surface area (Å²) in [5.74, 6) is 3.02. The van der Waals surface area contributed by atoms with Gasteiger partial charge in [-0.05, 0) is 168 Å². The van der Waals surface area contributed by atoms with E-state index in [-0.39, 0.29) is 14.9 Å². The summed E-state index contributed by atoms with van der Waals surface area (Å²) in [6, 6.07) is 59.6. The van der Waals surface area contributed by atoms with Gasteiger partial charge in [-0.25, -0.2) is 4.98 Å². The molecule has 0 radical (unpaired) electrons. The third-order valence-corrected chi connectivity index (χ3v) is 16.6. The van der Waals surface area contributed by atoms with Gasteiger partial charge >= 0.3 is 0 Å². The van der Waals surface area contributed by atoms with E-state index in [1.54, 1.807) is 24.3 Å². The van der Waals surface area contributed by atoms with Crippen LogP contribution in [0.4, 0.5) is 5.69 Å². The van der Waals surface area contributed by atoms with Gasteiger partial charge in [-0.1, -0.05) is 205 Å². The number of anilines is 1. The number of aldehydes is 1. The number of aromatic nitrogens is 2. The van der Waals surface area contributed by atoms with E-state index in [0.717, 1.165) is 112 Å². The maximum absolute atomic E-state index is 12.1. The van der Waals surface area contributed by atoms with Crippen molar-refractivity contribution < 1.29 is 23.9 Å². The molecule has 0 fully saturated rings. The minimum Gasteiger partial charge on any atom is -0.493 e. The Morgan fingerprint density at radius 1 is 0.512 bits per heavy atom. The molecule has 436 valence electrons. The number of nitrogens with zero attached hydrogens (tertiary/aromatic N) is 2. The maximum atomic E-state index is 12.1. The number of ketones is 2. The molecule has 1 aliphatic rings. The fourth-order valence-corrected chi connectivity index (χ4v) is 11.4. The van der Waals surface area contributed by atoms with E-state index in [1.807, 2.05) is 66.7 Å². The molecule has 0 saturated carbocycles. The molecule has 9 aromatic carbocycles. The Balaban J connectivity index is 0.000000212. The first-order chi connectivity index (χ1) is 39.8. The molecule has 0 saturated heterocycles. The second-order valence-electron chi connectivity index (χ2n) is 20.3. The Bertz CT molecular complexity index is 3710. The van der Waals surface area contributed by atoms with Crippen LogP contribution in [-0.2, 0) is 0 Å². The number of unbranched alkanes of at least 4 members (excludes halogenated alkanes) is 2. The number of carbonyl (C=O) groups is 3. The summed E-state index contributed by atoms with van der Waals surface area (Å²) >= 11 is 14.1. The van der Waals surface area contributed by atoms with Gasteiger partial charge in [-0.2, -0.15) is 0 Å². The number of carbonyl (C=O) groups excluding carboxylic acids is 3. The summed E-state index contributed by atoms with van der Waals surface area (Å²) in [6.45, 7) is 10.5. The lowest BCUT2D eigenvalue weighted by Gasteiger charge is -2.18. The first kappa shape index (κ1) is 66.4. The largest absolute Gasteiger partial charge is 0.493 e. The summed E-state index contributed by atoms with van der Waals surface area (Å²) in [5, 5.41) is 4.70. The summed E-state index contributed by atoms with van der Waals surface area (Å²) in [5.41, 5.74) is 13.6. The lowest BCUT2D eigenvalue weighted by Crippen LogP contribution is -2.21. The summed E-state index contributed by atoms with van der Waals surface area (Å²) in [4.78, 5) is 40.0. The molecule has 0 amide bonds. The van der Waals surface area contributed by atoms with Gasteiger partial charge in [-0.3, -0.25) is 19.0 Å². The SMILES string of the molecule is C.C.CCCCC(CC)COc1ccc(-c2nc3c4cc(Br)ccc4c4ccc(Br)cc4c3n2-c2ccccc2)cc1.CCCCC(CC)COc1ccc(C=O)cc1.Nc1ccccc1.O=C1C(=O)c2cc(Br)ccc2-c2ccc(Br)cc21. The minimum atomic E-state index is -0.447. The van der Waals surface area contributed by atoms with Crippen molar-refractivity contribution in [2.24, 2.45) is 11.8 Å². The molecule has 84 heavy (non-hydrogen) atoms. The molecule has 2 unspecified atom stereocenters. The Morgan fingerprint density at radius 3 is 1.40 bits per heavy atom. The molecule has 1 heterocycles. The Morgan fingerprint density at radius 2 is 0.952 bits per heavy atom. The molecule has 0 spiro atoms. The third kappa shape index (κ3) is 16.8. The van der Waals surface area contributed by atoms with Crippen LogP contribution in [0.2, 0.25) is 0 Å². The van der Waals surface area contributed by atoms with Gasteiger partial charge in [-0.15, -0.1) is 0 Å². The number of para-hydroxylation sites is 2. The van der Waals surface area contributed by atoms with E-state index in [2.05, 4.69) is 187 Å². The topological polar surface area (TPSA) is 114 Å². The van der Waals surface area contributed by atoms with Crippen LogP contribution in [0.25, 0.3) is 60.8 Å². The Kier molecular flexibility index (Phi) is 25.7. The number of hydrogen-bond acceptors (Lipinski definition) is 7. The highest BCUT2D eigenvalue weighted by molar-refractivity contribution is 9.11. The van der Waals surface area contributed by atoms with Crippen LogP contribution in [0.1, 0.15) is 125 Å². The second-order valence-corrected chi connectivity index (χ2v) is 24.0. The fraction of sp³-hybridized carbons (Fsp3) is 0.250. The molecule has 10 aromatic rings. The summed E-state index contributed by atoms with van der Waals surface area (Å²) in [6.07, 6.45) is 10.6. The van der Waals surface area contributed by atoms with Crippen LogP contribution < -0.4 is 15.2 Å². The highest BCUT2D eigenvalue weighted by Crippen LogP contribution is 2.42. The first-order valence-electron chi connectivity index (χ1n) is 28.0. The number of nitrogen functional groups attached to an aromatic ring is 1. The normalized spacial score (nSPS) is 11.9. The Labute approximate surface area is 530 Å². The number of Topliss-reactive ketones (excluding diaryl/α,β-unsaturated/α-hetero) is 2. The zero-order valence-electron chi connectivity index (χ0n) is 46.6. The van der Waals surface area contributed by atoms with E-state index in [1.165, 1.54) is 54.7 Å². The van der Waals surface area contributed by atoms with Crippen LogP contribution in [-0.4, -0.2) is 40.6 Å². The molecule has 2 atom stereocenters. The highest BCUT2D eigenvalue weighted by atomic mass is 79.9. The van der Waals surface area contributed by atoms with Crippen molar-refractivity contribution in [1.82, 2.24) is 9.55 Å². The zero-order valence-corrected chi connectivity index (χ0v) is 53.0. The van der Waals surface area contributed by atoms with Crippen molar-refractivity contribution >= 4 is 120 Å². The molecule has 8 nitrogen and oxygen atoms in total. The van der Waals surface area contributed by atoms with E-state index >= 15 is 0 Å². The van der Waals surface area contributed by atoms with Gasteiger partial charge in [0.25, 0.3) is 0 Å². The number of ether oxygens (including phenoxy) is 2. The number of imidazole rings is 1. The maximum Gasteiger partial charge on any atom is 0.234 e. The smallest absolute Gasteiger partial charge is 0.234 e. The lowest BCUT2D eigenvalue weighted by atomic mass is 9.84. The second kappa shape index (κ2) is 32.5. The zero-order chi connectivity index (χ0) is 58.1. The van der Waals surface area contributed by atoms with Gasteiger partial charge < -0.3 is 15.2 Å². The van der Waals surface area contributed by atoms with E-state index in [0.29, 0.717) is 28.5 Å². The molecule has 11 rings (SSSR count). The lowest BCUT2D eigenvalue weighted by molar-refractivity contribution is 0.0815. The monoisotopic (exact) mass is 1380 g/mol. The molecule has 1 aromatic heterocycles. The molecule has 1 aliphatic carbocycles. The average Bonchev–Trinajstić information content (AvgIpc) is 1.67. The van der Waals surface area contributed by atoms with E-state index in [4.69, 9.17) is 20.2 Å². The van der Waals surface area contributed by atoms with Gasteiger partial charge in [0.05, 0.1) is 24.2 Å². The van der Waals surface area contributed by atoms with Crippen molar-refractivity contribution in [1.29, 1.82) is 0 Å². The van der Waals surface area contributed by atoms with Gasteiger partial charge in [0.15, 0.2) is 0 Å². The summed E-state index contributed by atoms with van der Waals surface area (Å²) in [7, 11) is 0. The molecular formula is C72H75Br4N3O5. The van der Waals surface area contributed by atoms with Gasteiger partial charge in [0.1, 0.15) is 23.6 Å². The molecular weight excluding hydrogens is 1310 g/mol. The predicted molar refractivity (Wildman–Crippen MR) is 367 cm³/mol. The number of hydrogen-bond donors (Lipinski definition) is 1. The van der Waals surface area contributed by atoms with Crippen LogP contribution in [0, 0.1) is 11.8 Å². The molecule has 12 heteroatoms. The highest BCUT2D eigenvalue weighted by Gasteiger charge is 2.30. The molecule has 0 aliphatic heterocycles. The van der Waals surface area contributed by atoms with Gasteiger partial charge in [0, 0.05) is 62.3 Å². The van der Waals surface area contributed by atoms with Crippen molar-refractivity contribution in [2.75, 3.05) is 18.9 Å². The van der Waals surface area contributed by atoms with E-state index < -0.39 is 11.6 Å². The van der Waals surface area contributed by atoms with E-state index in [9.17, 15) is 14.4 Å². The minimum absolute atomic E-state index is 0. The number of halogens is 4. The fourth-order valence-electron chi connectivity index (χ4n) is 9.92. The van der Waals surface area contributed by atoms with Crippen LogP contribution in [0.3, 0.4) is 0 Å². The first-order valence-corrected chi connectivity index (χ1v) is 31.2. The van der Waals surface area contributed by atoms with Crippen LogP contribution in [0.15, 0.2) is 200 Å². The van der Waals surface area contributed by atoms with Crippen molar-refractivity contribution in [3.8, 4) is 39.7 Å².